The maximum atomic E-state index is 5.72. The number of nitrogen functional groups attached to an aromatic ring is 1. The molecule has 2 rings (SSSR count). The summed E-state index contributed by atoms with van der Waals surface area (Å²) in [5, 5.41) is 0.949. The summed E-state index contributed by atoms with van der Waals surface area (Å²) >= 11 is 1.59. The fourth-order valence-corrected chi connectivity index (χ4v) is 1.39. The molecule has 4 heteroatoms. The third-order valence-electron chi connectivity index (χ3n) is 1.90. The molecule has 3 nitrogen and oxygen atoms in total. The third kappa shape index (κ3) is 2.06. The molecule has 0 aromatic carbocycles. The number of nitrogens with zero attached hydrogens (tertiary/aromatic N) is 1. The molecule has 0 amide bonds. The van der Waals surface area contributed by atoms with Crippen LogP contribution in [0.25, 0.3) is 0 Å². The van der Waals surface area contributed by atoms with E-state index < -0.39 is 0 Å². The molecule has 0 aliphatic heterocycles. The van der Waals surface area contributed by atoms with Crippen LogP contribution in [0.15, 0.2) is 17.3 Å². The zero-order valence-electron chi connectivity index (χ0n) is 7.49. The molecular weight excluding hydrogens is 184 g/mol. The molecule has 0 saturated heterocycles. The largest absolute Gasteiger partial charge is 0.488 e. The molecule has 13 heavy (non-hydrogen) atoms. The lowest BCUT2D eigenvalue weighted by Gasteiger charge is -2.07. The minimum atomic E-state index is 0.388. The highest BCUT2D eigenvalue weighted by Gasteiger charge is 2.24. The van der Waals surface area contributed by atoms with Crippen LogP contribution in [-0.4, -0.2) is 17.3 Å². The number of anilines is 1. The van der Waals surface area contributed by atoms with Crippen molar-refractivity contribution in [2.75, 3.05) is 12.0 Å². The Morgan fingerprint density at radius 3 is 3.00 bits per heavy atom. The second kappa shape index (κ2) is 3.46. The van der Waals surface area contributed by atoms with E-state index in [1.54, 1.807) is 18.0 Å². The Labute approximate surface area is 81.7 Å². The first-order valence-electron chi connectivity index (χ1n) is 4.26. The zero-order chi connectivity index (χ0) is 9.26. The Morgan fingerprint density at radius 2 is 2.38 bits per heavy atom. The van der Waals surface area contributed by atoms with Crippen molar-refractivity contribution in [1.82, 2.24) is 4.98 Å². The zero-order valence-corrected chi connectivity index (χ0v) is 8.30. The van der Waals surface area contributed by atoms with Crippen molar-refractivity contribution >= 4 is 17.4 Å². The van der Waals surface area contributed by atoms with Crippen molar-refractivity contribution < 1.29 is 4.74 Å². The topological polar surface area (TPSA) is 48.1 Å². The van der Waals surface area contributed by atoms with Gasteiger partial charge in [0, 0.05) is 6.07 Å². The fraction of sp³-hybridized carbons (Fsp3) is 0.444. The van der Waals surface area contributed by atoms with Gasteiger partial charge in [-0.25, -0.2) is 4.98 Å². The van der Waals surface area contributed by atoms with Crippen LogP contribution in [0.4, 0.5) is 5.69 Å². The lowest BCUT2D eigenvalue weighted by Crippen LogP contribution is -2.00. The first-order chi connectivity index (χ1) is 6.29. The summed E-state index contributed by atoms with van der Waals surface area (Å²) in [6.45, 7) is 0. The molecular formula is C9H12N2OS. The predicted octanol–water partition coefficient (Wildman–Crippen LogP) is 1.93. The van der Waals surface area contributed by atoms with E-state index in [1.165, 1.54) is 0 Å². The van der Waals surface area contributed by atoms with Crippen molar-refractivity contribution in [1.29, 1.82) is 0 Å². The maximum absolute atomic E-state index is 5.72. The van der Waals surface area contributed by atoms with E-state index in [0.29, 0.717) is 11.8 Å². The smallest absolute Gasteiger partial charge is 0.146 e. The van der Waals surface area contributed by atoms with Crippen LogP contribution in [0.5, 0.6) is 5.75 Å². The SMILES string of the molecule is CSc1cc(OC2CC2)c(N)cn1. The summed E-state index contributed by atoms with van der Waals surface area (Å²) in [5.74, 6) is 0.779. The van der Waals surface area contributed by atoms with Crippen LogP contribution < -0.4 is 10.5 Å². The van der Waals surface area contributed by atoms with Crippen molar-refractivity contribution in [3.8, 4) is 5.75 Å². The number of ether oxygens (including phenoxy) is 1. The van der Waals surface area contributed by atoms with Gasteiger partial charge in [-0.15, -0.1) is 11.8 Å². The molecule has 1 saturated carbocycles. The Morgan fingerprint density at radius 1 is 1.62 bits per heavy atom. The first-order valence-corrected chi connectivity index (χ1v) is 5.48. The quantitative estimate of drug-likeness (QED) is 0.750. The van der Waals surface area contributed by atoms with Crippen LogP contribution in [-0.2, 0) is 0 Å². The number of hydrogen-bond acceptors (Lipinski definition) is 4. The molecule has 1 aromatic rings. The summed E-state index contributed by atoms with van der Waals surface area (Å²) in [6.07, 6.45) is 6.33. The van der Waals surface area contributed by atoms with Gasteiger partial charge < -0.3 is 10.5 Å². The molecule has 0 spiro atoms. The fourth-order valence-electron chi connectivity index (χ4n) is 1.01. The lowest BCUT2D eigenvalue weighted by atomic mass is 10.4. The van der Waals surface area contributed by atoms with Gasteiger partial charge >= 0.3 is 0 Å². The molecule has 2 N–H and O–H groups in total. The average molecular weight is 196 g/mol. The molecule has 70 valence electrons. The second-order valence-corrected chi connectivity index (χ2v) is 3.91. The van der Waals surface area contributed by atoms with Gasteiger partial charge in [0.1, 0.15) is 5.75 Å². The monoisotopic (exact) mass is 196 g/mol. The Balaban J connectivity index is 2.19. The molecule has 1 aliphatic rings. The number of pyridine rings is 1. The van der Waals surface area contributed by atoms with Gasteiger partial charge in [-0.05, 0) is 19.1 Å². The standard InChI is InChI=1S/C9H12N2OS/c1-13-9-4-8(7(10)5-11-9)12-6-2-3-6/h4-6H,2-3,10H2,1H3. The molecule has 0 atom stereocenters. The van der Waals surface area contributed by atoms with Gasteiger partial charge in [0.15, 0.2) is 0 Å². The Bertz CT molecular complexity index is 312. The third-order valence-corrected chi connectivity index (χ3v) is 2.54. The molecule has 0 radical (unpaired) electrons. The van der Waals surface area contributed by atoms with Crippen molar-refractivity contribution in [2.24, 2.45) is 0 Å². The summed E-state index contributed by atoms with van der Waals surface area (Å²) in [5.41, 5.74) is 6.35. The van der Waals surface area contributed by atoms with Crippen molar-refractivity contribution in [3.63, 3.8) is 0 Å². The molecule has 0 unspecified atom stereocenters. The summed E-state index contributed by atoms with van der Waals surface area (Å²) < 4.78 is 5.62. The highest BCUT2D eigenvalue weighted by molar-refractivity contribution is 7.98. The maximum Gasteiger partial charge on any atom is 0.146 e. The number of rotatable bonds is 3. The summed E-state index contributed by atoms with van der Waals surface area (Å²) in [4.78, 5) is 4.14. The molecule has 1 heterocycles. The number of aromatic nitrogens is 1. The highest BCUT2D eigenvalue weighted by atomic mass is 32.2. The predicted molar refractivity (Wildman–Crippen MR) is 54.1 cm³/mol. The van der Waals surface area contributed by atoms with Crippen LogP contribution >= 0.6 is 11.8 Å². The van der Waals surface area contributed by atoms with E-state index in [-0.39, 0.29) is 0 Å². The van der Waals surface area contributed by atoms with Crippen LogP contribution in [0.3, 0.4) is 0 Å². The van der Waals surface area contributed by atoms with Gasteiger partial charge in [-0.3, -0.25) is 0 Å². The Hall–Kier alpha value is -0.900. The lowest BCUT2D eigenvalue weighted by molar-refractivity contribution is 0.303. The van der Waals surface area contributed by atoms with Crippen molar-refractivity contribution in [3.05, 3.63) is 12.3 Å². The van der Waals surface area contributed by atoms with Gasteiger partial charge in [-0.1, -0.05) is 0 Å². The Kier molecular flexibility index (Phi) is 2.31. The molecule has 1 aliphatic carbocycles. The first kappa shape index (κ1) is 8.69. The summed E-state index contributed by atoms with van der Waals surface area (Å²) in [7, 11) is 0. The second-order valence-electron chi connectivity index (χ2n) is 3.08. The van der Waals surface area contributed by atoms with Crippen molar-refractivity contribution in [2.45, 2.75) is 24.0 Å². The molecule has 1 fully saturated rings. The average Bonchev–Trinajstić information content (AvgIpc) is 2.93. The van der Waals surface area contributed by atoms with E-state index in [9.17, 15) is 0 Å². The number of nitrogens with two attached hydrogens (primary N) is 1. The highest BCUT2D eigenvalue weighted by Crippen LogP contribution is 2.31. The normalized spacial score (nSPS) is 15.8. The van der Waals surface area contributed by atoms with Crippen LogP contribution in [0.1, 0.15) is 12.8 Å². The molecule has 1 aromatic heterocycles. The number of thioether (sulfide) groups is 1. The minimum Gasteiger partial charge on any atom is -0.488 e. The van der Waals surface area contributed by atoms with E-state index in [0.717, 1.165) is 23.6 Å². The van der Waals surface area contributed by atoms with Crippen LogP contribution in [0, 0.1) is 0 Å². The summed E-state index contributed by atoms with van der Waals surface area (Å²) in [6, 6.07) is 1.90. The van der Waals surface area contributed by atoms with Gasteiger partial charge in [-0.2, -0.15) is 0 Å². The van der Waals surface area contributed by atoms with E-state index in [1.807, 2.05) is 12.3 Å². The van der Waals surface area contributed by atoms with E-state index in [4.69, 9.17) is 10.5 Å². The number of hydrogen-bond donors (Lipinski definition) is 1. The van der Waals surface area contributed by atoms with Crippen LogP contribution in [0.2, 0.25) is 0 Å². The van der Waals surface area contributed by atoms with Gasteiger partial charge in [0.05, 0.1) is 23.0 Å². The minimum absolute atomic E-state index is 0.388. The van der Waals surface area contributed by atoms with E-state index >= 15 is 0 Å². The van der Waals surface area contributed by atoms with Gasteiger partial charge in [0.25, 0.3) is 0 Å². The molecule has 0 bridgehead atoms. The van der Waals surface area contributed by atoms with Gasteiger partial charge in [0.2, 0.25) is 0 Å². The van der Waals surface area contributed by atoms with E-state index in [2.05, 4.69) is 4.98 Å².